The first-order valence-electron chi connectivity index (χ1n) is 5.67. The second-order valence-corrected chi connectivity index (χ2v) is 6.42. The highest BCUT2D eigenvalue weighted by molar-refractivity contribution is 7.92. The third-order valence-corrected chi connectivity index (χ3v) is 4.40. The van der Waals surface area contributed by atoms with Crippen molar-refractivity contribution in [2.24, 2.45) is 0 Å². The number of carbonyl (C=O) groups excluding carboxylic acids is 1. The molecule has 0 aromatic rings. The fourth-order valence-electron chi connectivity index (χ4n) is 1.87. The predicted octanol–water partition coefficient (Wildman–Crippen LogP) is -0.368. The monoisotopic (exact) mass is 248 g/mol. The largest absolute Gasteiger partial charge is 0.337 e. The molecule has 1 heterocycles. The van der Waals surface area contributed by atoms with Gasteiger partial charge in [0.15, 0.2) is 9.84 Å². The highest BCUT2D eigenvalue weighted by atomic mass is 32.2. The third-order valence-electron chi connectivity index (χ3n) is 2.68. The van der Waals surface area contributed by atoms with Crippen molar-refractivity contribution in [3.05, 3.63) is 0 Å². The van der Waals surface area contributed by atoms with Crippen LogP contribution in [0.25, 0.3) is 0 Å². The van der Waals surface area contributed by atoms with Gasteiger partial charge >= 0.3 is 0 Å². The van der Waals surface area contributed by atoms with Crippen molar-refractivity contribution in [2.75, 3.05) is 31.1 Å². The van der Waals surface area contributed by atoms with Gasteiger partial charge in [-0.1, -0.05) is 6.92 Å². The molecule has 1 amide bonds. The number of hydrogen-bond acceptors (Lipinski definition) is 4. The van der Waals surface area contributed by atoms with E-state index in [4.69, 9.17) is 0 Å². The minimum Gasteiger partial charge on any atom is -0.337 e. The highest BCUT2D eigenvalue weighted by Crippen LogP contribution is 2.05. The van der Waals surface area contributed by atoms with Crippen LogP contribution in [0.1, 0.15) is 20.3 Å². The van der Waals surface area contributed by atoms with Crippen LogP contribution in [-0.4, -0.2) is 56.4 Å². The molecule has 0 aromatic carbocycles. The first-order chi connectivity index (χ1) is 7.46. The first-order valence-corrected chi connectivity index (χ1v) is 7.49. The standard InChI is InChI=1S/C10H20N2O3S/c1-3-6-16(14,15)8-10(13)12-5-4-11-7-9(12)2/h9,11H,3-8H2,1-2H3. The zero-order valence-electron chi connectivity index (χ0n) is 9.90. The molecule has 1 aliphatic heterocycles. The quantitative estimate of drug-likeness (QED) is 0.737. The van der Waals surface area contributed by atoms with Gasteiger partial charge in [0.1, 0.15) is 5.75 Å². The van der Waals surface area contributed by atoms with Crippen molar-refractivity contribution < 1.29 is 13.2 Å². The van der Waals surface area contributed by atoms with E-state index in [-0.39, 0.29) is 23.5 Å². The molecule has 16 heavy (non-hydrogen) atoms. The molecule has 1 atom stereocenters. The predicted molar refractivity (Wildman–Crippen MR) is 63.0 cm³/mol. The normalized spacial score (nSPS) is 22.1. The summed E-state index contributed by atoms with van der Waals surface area (Å²) in [4.78, 5) is 13.5. The maximum atomic E-state index is 11.8. The van der Waals surface area contributed by atoms with Gasteiger partial charge < -0.3 is 10.2 Å². The van der Waals surface area contributed by atoms with Gasteiger partial charge in [-0.05, 0) is 13.3 Å². The molecule has 94 valence electrons. The number of carbonyl (C=O) groups is 1. The molecular formula is C10H20N2O3S. The maximum absolute atomic E-state index is 11.8. The Morgan fingerprint density at radius 2 is 2.19 bits per heavy atom. The third kappa shape index (κ3) is 3.75. The lowest BCUT2D eigenvalue weighted by molar-refractivity contribution is -0.131. The molecule has 0 aliphatic carbocycles. The smallest absolute Gasteiger partial charge is 0.238 e. The Kier molecular flexibility index (Phi) is 4.73. The lowest BCUT2D eigenvalue weighted by atomic mass is 10.2. The van der Waals surface area contributed by atoms with Crippen LogP contribution >= 0.6 is 0 Å². The number of rotatable bonds is 4. The van der Waals surface area contributed by atoms with Crippen LogP contribution in [-0.2, 0) is 14.6 Å². The first kappa shape index (κ1) is 13.4. The number of amides is 1. The van der Waals surface area contributed by atoms with Crippen molar-refractivity contribution in [1.29, 1.82) is 0 Å². The zero-order valence-corrected chi connectivity index (χ0v) is 10.7. The number of sulfone groups is 1. The molecule has 1 N–H and O–H groups in total. The summed E-state index contributed by atoms with van der Waals surface area (Å²) in [7, 11) is -3.22. The Morgan fingerprint density at radius 3 is 2.75 bits per heavy atom. The van der Waals surface area contributed by atoms with E-state index in [1.54, 1.807) is 11.8 Å². The van der Waals surface area contributed by atoms with Gasteiger partial charge in [0.05, 0.1) is 5.75 Å². The van der Waals surface area contributed by atoms with E-state index in [0.29, 0.717) is 13.0 Å². The van der Waals surface area contributed by atoms with Crippen LogP contribution < -0.4 is 5.32 Å². The van der Waals surface area contributed by atoms with Crippen molar-refractivity contribution in [3.63, 3.8) is 0 Å². The molecule has 0 saturated carbocycles. The average molecular weight is 248 g/mol. The second kappa shape index (κ2) is 5.63. The molecular weight excluding hydrogens is 228 g/mol. The molecule has 0 aromatic heterocycles. The summed E-state index contributed by atoms with van der Waals surface area (Å²) in [6.45, 7) is 5.80. The van der Waals surface area contributed by atoms with E-state index >= 15 is 0 Å². The summed E-state index contributed by atoms with van der Waals surface area (Å²) >= 11 is 0. The summed E-state index contributed by atoms with van der Waals surface area (Å²) in [6, 6.07) is 0.0816. The fourth-order valence-corrected chi connectivity index (χ4v) is 3.17. The zero-order chi connectivity index (χ0) is 12.2. The molecule has 1 rings (SSSR count). The van der Waals surface area contributed by atoms with E-state index in [9.17, 15) is 13.2 Å². The SMILES string of the molecule is CCCS(=O)(=O)CC(=O)N1CCNCC1C. The van der Waals surface area contributed by atoms with E-state index in [1.165, 1.54) is 0 Å². The molecule has 0 radical (unpaired) electrons. The van der Waals surface area contributed by atoms with Gasteiger partial charge in [0.2, 0.25) is 5.91 Å². The van der Waals surface area contributed by atoms with E-state index in [2.05, 4.69) is 5.32 Å². The molecule has 1 saturated heterocycles. The van der Waals surface area contributed by atoms with Crippen molar-refractivity contribution in [2.45, 2.75) is 26.3 Å². The van der Waals surface area contributed by atoms with Crippen LogP contribution in [0.15, 0.2) is 0 Å². The lowest BCUT2D eigenvalue weighted by Crippen LogP contribution is -2.53. The number of hydrogen-bond donors (Lipinski definition) is 1. The van der Waals surface area contributed by atoms with Crippen LogP contribution in [0, 0.1) is 0 Å². The Bertz CT molecular complexity index is 340. The molecule has 1 fully saturated rings. The molecule has 0 bridgehead atoms. The summed E-state index contributed by atoms with van der Waals surface area (Å²) < 4.78 is 23.1. The topological polar surface area (TPSA) is 66.5 Å². The highest BCUT2D eigenvalue weighted by Gasteiger charge is 2.26. The van der Waals surface area contributed by atoms with E-state index < -0.39 is 9.84 Å². The van der Waals surface area contributed by atoms with E-state index in [1.807, 2.05) is 6.92 Å². The van der Waals surface area contributed by atoms with Crippen LogP contribution in [0.5, 0.6) is 0 Å². The number of nitrogens with zero attached hydrogens (tertiary/aromatic N) is 1. The van der Waals surface area contributed by atoms with Crippen molar-refractivity contribution in [1.82, 2.24) is 10.2 Å². The van der Waals surface area contributed by atoms with Gasteiger partial charge in [-0.2, -0.15) is 0 Å². The number of nitrogens with one attached hydrogen (secondary N) is 1. The number of piperazine rings is 1. The molecule has 1 unspecified atom stereocenters. The summed E-state index contributed by atoms with van der Waals surface area (Å²) in [5.41, 5.74) is 0. The minimum absolute atomic E-state index is 0.0816. The van der Waals surface area contributed by atoms with Gasteiger partial charge in [0.25, 0.3) is 0 Å². The Balaban J connectivity index is 2.57. The van der Waals surface area contributed by atoms with Gasteiger partial charge in [-0.3, -0.25) is 4.79 Å². The van der Waals surface area contributed by atoms with Crippen LogP contribution in [0.2, 0.25) is 0 Å². The van der Waals surface area contributed by atoms with Gasteiger partial charge in [-0.25, -0.2) is 8.42 Å². The van der Waals surface area contributed by atoms with Gasteiger partial charge in [0, 0.05) is 25.7 Å². The summed E-state index contributed by atoms with van der Waals surface area (Å²) in [5, 5.41) is 3.16. The molecule has 0 spiro atoms. The fraction of sp³-hybridized carbons (Fsp3) is 0.900. The lowest BCUT2D eigenvalue weighted by Gasteiger charge is -2.33. The van der Waals surface area contributed by atoms with Crippen LogP contribution in [0.3, 0.4) is 0 Å². The Morgan fingerprint density at radius 1 is 1.50 bits per heavy atom. The van der Waals surface area contributed by atoms with Crippen molar-refractivity contribution >= 4 is 15.7 Å². The Labute approximate surface area is 97.1 Å². The maximum Gasteiger partial charge on any atom is 0.238 e. The van der Waals surface area contributed by atoms with E-state index in [0.717, 1.165) is 13.1 Å². The van der Waals surface area contributed by atoms with Crippen molar-refractivity contribution in [3.8, 4) is 0 Å². The minimum atomic E-state index is -3.22. The second-order valence-electron chi connectivity index (χ2n) is 4.23. The molecule has 6 heteroatoms. The van der Waals surface area contributed by atoms with Crippen LogP contribution in [0.4, 0.5) is 0 Å². The van der Waals surface area contributed by atoms with Gasteiger partial charge in [-0.15, -0.1) is 0 Å². The molecule has 5 nitrogen and oxygen atoms in total. The Hall–Kier alpha value is -0.620. The summed E-state index contributed by atoms with van der Waals surface area (Å²) in [6.07, 6.45) is 0.562. The average Bonchev–Trinajstić information content (AvgIpc) is 2.17. The molecule has 1 aliphatic rings. The summed E-state index contributed by atoms with van der Waals surface area (Å²) in [5.74, 6) is -0.507.